The van der Waals surface area contributed by atoms with Gasteiger partial charge in [-0.25, -0.2) is 0 Å². The van der Waals surface area contributed by atoms with E-state index >= 15 is 0 Å². The summed E-state index contributed by atoms with van der Waals surface area (Å²) in [5.74, 6) is 2.03. The van der Waals surface area contributed by atoms with Gasteiger partial charge in [-0.05, 0) is 37.7 Å². The first-order valence-electron chi connectivity index (χ1n) is 9.21. The van der Waals surface area contributed by atoms with Crippen molar-refractivity contribution in [1.29, 1.82) is 0 Å². The van der Waals surface area contributed by atoms with Crippen LogP contribution in [0.5, 0.6) is 0 Å². The zero-order valence-electron chi connectivity index (χ0n) is 15.5. The van der Waals surface area contributed by atoms with Gasteiger partial charge >= 0.3 is 0 Å². The molecule has 0 bridgehead atoms. The highest BCUT2D eigenvalue weighted by Crippen LogP contribution is 2.24. The average molecular weight is 387 g/mol. The van der Waals surface area contributed by atoms with Gasteiger partial charge in [0.25, 0.3) is 0 Å². The van der Waals surface area contributed by atoms with E-state index < -0.39 is 0 Å². The summed E-state index contributed by atoms with van der Waals surface area (Å²) in [5.41, 5.74) is 12.5. The number of nitrogen functional groups attached to an aromatic ring is 2. The molecule has 2 aromatic rings. The Morgan fingerprint density at radius 1 is 1.15 bits per heavy atom. The lowest BCUT2D eigenvalue weighted by atomic mass is 9.90. The first-order chi connectivity index (χ1) is 13.0. The number of carbonyl (C=O) groups excluding carboxylic acids is 1. The van der Waals surface area contributed by atoms with E-state index in [1.165, 1.54) is 17.3 Å². The van der Waals surface area contributed by atoms with E-state index in [-0.39, 0.29) is 23.1 Å². The molecular weight excluding hydrogens is 360 g/mol. The molecule has 3 rings (SSSR count). The Bertz CT molecular complexity index is 744. The van der Waals surface area contributed by atoms with Crippen molar-refractivity contribution >= 4 is 29.6 Å². The molecule has 0 saturated carbocycles. The van der Waals surface area contributed by atoms with Crippen molar-refractivity contribution in [1.82, 2.24) is 19.9 Å². The molecule has 0 radical (unpaired) electrons. The molecule has 8 heteroatoms. The van der Waals surface area contributed by atoms with Gasteiger partial charge < -0.3 is 16.4 Å². The largest absolute Gasteiger partial charge is 0.368 e. The van der Waals surface area contributed by atoms with Gasteiger partial charge in [-0.3, -0.25) is 4.79 Å². The summed E-state index contributed by atoms with van der Waals surface area (Å²) in [6.07, 6.45) is 3.20. The van der Waals surface area contributed by atoms with Crippen LogP contribution in [0.15, 0.2) is 30.3 Å². The third-order valence-electron chi connectivity index (χ3n) is 4.82. The van der Waals surface area contributed by atoms with Crippen molar-refractivity contribution in [2.24, 2.45) is 5.92 Å². The summed E-state index contributed by atoms with van der Waals surface area (Å²) in [6.45, 7) is 3.58. The molecular formula is C19H26N6OS. The number of rotatable bonds is 6. The van der Waals surface area contributed by atoms with Crippen LogP contribution in [-0.2, 0) is 17.0 Å². The molecule has 1 atom stereocenters. The van der Waals surface area contributed by atoms with E-state index in [1.54, 1.807) is 0 Å². The summed E-state index contributed by atoms with van der Waals surface area (Å²) in [6, 6.07) is 10.6. The van der Waals surface area contributed by atoms with Crippen molar-refractivity contribution in [2.45, 2.75) is 37.2 Å². The number of carbonyl (C=O) groups is 1. The number of piperidine rings is 1. The maximum atomic E-state index is 12.7. The van der Waals surface area contributed by atoms with E-state index in [4.69, 9.17) is 11.5 Å². The molecule has 0 unspecified atom stereocenters. The quantitative estimate of drug-likeness (QED) is 0.782. The molecule has 144 valence electrons. The number of hydrogen-bond donors (Lipinski definition) is 2. The third-order valence-corrected chi connectivity index (χ3v) is 5.95. The fourth-order valence-corrected chi connectivity index (χ4v) is 4.17. The standard InChI is InChI=1S/C19H26N6OS/c1-13(27-12-16-22-18(20)24-19(21)23-16)17(26)25-9-7-15(8-10-25)11-14-5-3-2-4-6-14/h2-6,13,15H,7-12H2,1H3,(H4,20,21,22,23,24)/t13-/m0/s1. The molecule has 1 aliphatic heterocycles. The number of nitrogens with zero attached hydrogens (tertiary/aromatic N) is 4. The van der Waals surface area contributed by atoms with Crippen LogP contribution in [0.25, 0.3) is 0 Å². The predicted octanol–water partition coefficient (Wildman–Crippen LogP) is 2.14. The highest BCUT2D eigenvalue weighted by molar-refractivity contribution is 7.99. The Balaban J connectivity index is 1.45. The monoisotopic (exact) mass is 386 g/mol. The molecule has 1 fully saturated rings. The van der Waals surface area contributed by atoms with E-state index in [2.05, 4.69) is 39.2 Å². The Hall–Kier alpha value is -2.35. The average Bonchev–Trinajstić information content (AvgIpc) is 2.66. The van der Waals surface area contributed by atoms with Crippen LogP contribution in [0.3, 0.4) is 0 Å². The molecule has 7 nitrogen and oxygen atoms in total. The maximum Gasteiger partial charge on any atom is 0.235 e. The lowest BCUT2D eigenvalue weighted by Gasteiger charge is -2.33. The Labute approximate surface area is 164 Å². The highest BCUT2D eigenvalue weighted by atomic mass is 32.2. The second-order valence-electron chi connectivity index (χ2n) is 6.88. The van der Waals surface area contributed by atoms with Crippen LogP contribution in [0.4, 0.5) is 11.9 Å². The van der Waals surface area contributed by atoms with Crippen LogP contribution in [-0.4, -0.2) is 44.1 Å². The van der Waals surface area contributed by atoms with Gasteiger partial charge in [-0.2, -0.15) is 15.0 Å². The van der Waals surface area contributed by atoms with Crippen molar-refractivity contribution in [3.8, 4) is 0 Å². The van der Waals surface area contributed by atoms with Crippen molar-refractivity contribution in [3.05, 3.63) is 41.7 Å². The molecule has 2 heterocycles. The van der Waals surface area contributed by atoms with Crippen LogP contribution < -0.4 is 11.5 Å². The summed E-state index contributed by atoms with van der Waals surface area (Å²) in [5, 5.41) is -0.158. The number of aromatic nitrogens is 3. The molecule has 1 saturated heterocycles. The third kappa shape index (κ3) is 5.56. The minimum absolute atomic E-state index is 0.109. The SMILES string of the molecule is C[C@H](SCc1nc(N)nc(N)n1)C(=O)N1CCC(Cc2ccccc2)CC1. The van der Waals surface area contributed by atoms with Gasteiger partial charge in [-0.15, -0.1) is 11.8 Å². The number of amides is 1. The lowest BCUT2D eigenvalue weighted by Crippen LogP contribution is -2.42. The molecule has 0 aliphatic carbocycles. The minimum atomic E-state index is -0.158. The van der Waals surface area contributed by atoms with E-state index in [0.29, 0.717) is 17.5 Å². The molecule has 27 heavy (non-hydrogen) atoms. The van der Waals surface area contributed by atoms with E-state index in [9.17, 15) is 4.79 Å². The van der Waals surface area contributed by atoms with Crippen LogP contribution in [0.2, 0.25) is 0 Å². The second-order valence-corrected chi connectivity index (χ2v) is 8.21. The molecule has 1 amide bonds. The number of nitrogens with two attached hydrogens (primary N) is 2. The Morgan fingerprint density at radius 2 is 1.78 bits per heavy atom. The lowest BCUT2D eigenvalue weighted by molar-refractivity contribution is -0.131. The van der Waals surface area contributed by atoms with Crippen molar-refractivity contribution in [3.63, 3.8) is 0 Å². The summed E-state index contributed by atoms with van der Waals surface area (Å²) >= 11 is 1.50. The Morgan fingerprint density at radius 3 is 2.41 bits per heavy atom. The van der Waals surface area contributed by atoms with E-state index in [1.807, 2.05) is 17.9 Å². The van der Waals surface area contributed by atoms with Crippen molar-refractivity contribution < 1.29 is 4.79 Å². The van der Waals surface area contributed by atoms with Crippen LogP contribution in [0.1, 0.15) is 31.2 Å². The predicted molar refractivity (Wildman–Crippen MR) is 109 cm³/mol. The fourth-order valence-electron chi connectivity index (χ4n) is 3.35. The smallest absolute Gasteiger partial charge is 0.235 e. The van der Waals surface area contributed by atoms with Crippen molar-refractivity contribution in [2.75, 3.05) is 24.6 Å². The second kappa shape index (κ2) is 9.03. The normalized spacial score (nSPS) is 16.3. The van der Waals surface area contributed by atoms with Crippen LogP contribution >= 0.6 is 11.8 Å². The summed E-state index contributed by atoms with van der Waals surface area (Å²) in [7, 11) is 0. The van der Waals surface area contributed by atoms with Gasteiger partial charge in [-0.1, -0.05) is 30.3 Å². The summed E-state index contributed by atoms with van der Waals surface area (Å²) < 4.78 is 0. The zero-order chi connectivity index (χ0) is 19.2. The van der Waals surface area contributed by atoms with Gasteiger partial charge in [0, 0.05) is 13.1 Å². The number of anilines is 2. The van der Waals surface area contributed by atoms with Gasteiger partial charge in [0.2, 0.25) is 17.8 Å². The maximum absolute atomic E-state index is 12.7. The molecule has 1 aliphatic rings. The zero-order valence-corrected chi connectivity index (χ0v) is 16.4. The first kappa shape index (κ1) is 19.4. The number of thioether (sulfide) groups is 1. The van der Waals surface area contributed by atoms with E-state index in [0.717, 1.165) is 32.4 Å². The van der Waals surface area contributed by atoms with Gasteiger partial charge in [0.05, 0.1) is 11.0 Å². The van der Waals surface area contributed by atoms with Gasteiger partial charge in [0.1, 0.15) is 5.82 Å². The number of likely N-dealkylation sites (tertiary alicyclic amines) is 1. The summed E-state index contributed by atoms with van der Waals surface area (Å²) in [4.78, 5) is 26.6. The molecule has 0 spiro atoms. The fraction of sp³-hybridized carbons (Fsp3) is 0.474. The number of benzene rings is 1. The molecule has 4 N–H and O–H groups in total. The van der Waals surface area contributed by atoms with Crippen LogP contribution in [0, 0.1) is 5.92 Å². The minimum Gasteiger partial charge on any atom is -0.368 e. The molecule has 1 aromatic carbocycles. The topological polar surface area (TPSA) is 111 Å². The molecule has 1 aromatic heterocycles. The number of hydrogen-bond acceptors (Lipinski definition) is 7. The highest BCUT2D eigenvalue weighted by Gasteiger charge is 2.26. The first-order valence-corrected chi connectivity index (χ1v) is 10.3. The Kier molecular flexibility index (Phi) is 6.49. The van der Waals surface area contributed by atoms with Gasteiger partial charge in [0.15, 0.2) is 0 Å².